The minimum atomic E-state index is -0.337. The van der Waals surface area contributed by atoms with E-state index in [1.54, 1.807) is 12.1 Å². The quantitative estimate of drug-likeness (QED) is 0.681. The zero-order chi connectivity index (χ0) is 13.0. The highest BCUT2D eigenvalue weighted by molar-refractivity contribution is 5.85. The van der Waals surface area contributed by atoms with Crippen LogP contribution >= 0.6 is 12.4 Å². The summed E-state index contributed by atoms with van der Waals surface area (Å²) in [6.07, 6.45) is 2.39. The molecule has 1 aromatic rings. The Morgan fingerprint density at radius 3 is 3.00 bits per heavy atom. The molecule has 1 heterocycles. The number of hydrogen-bond donors (Lipinski definition) is 1. The van der Waals surface area contributed by atoms with E-state index in [-0.39, 0.29) is 23.0 Å². The van der Waals surface area contributed by atoms with Crippen molar-refractivity contribution < 1.29 is 4.92 Å². The van der Waals surface area contributed by atoms with Gasteiger partial charge in [0.05, 0.1) is 4.92 Å². The molecule has 0 aliphatic carbocycles. The number of nitro groups is 1. The van der Waals surface area contributed by atoms with Crippen LogP contribution in [0.2, 0.25) is 0 Å². The molecule has 1 saturated heterocycles. The Labute approximate surface area is 119 Å². The van der Waals surface area contributed by atoms with Gasteiger partial charge in [0.2, 0.25) is 0 Å². The Morgan fingerprint density at radius 1 is 1.53 bits per heavy atom. The summed E-state index contributed by atoms with van der Waals surface area (Å²) < 4.78 is 0. The Hall–Kier alpha value is -1.17. The number of halogens is 1. The Morgan fingerprint density at radius 2 is 2.32 bits per heavy atom. The molecule has 1 unspecified atom stereocenters. The number of non-ortho nitro benzene ring substituents is 1. The van der Waals surface area contributed by atoms with E-state index in [1.807, 2.05) is 13.1 Å². The molecule has 0 spiro atoms. The Kier molecular flexibility index (Phi) is 6.21. The molecule has 106 valence electrons. The highest BCUT2D eigenvalue weighted by atomic mass is 35.5. The lowest BCUT2D eigenvalue weighted by Crippen LogP contribution is -2.43. The third kappa shape index (κ3) is 4.45. The lowest BCUT2D eigenvalue weighted by atomic mass is 10.0. The second-order valence-corrected chi connectivity index (χ2v) is 4.79. The number of hydrogen-bond acceptors (Lipinski definition) is 4. The predicted octanol–water partition coefficient (Wildman–Crippen LogP) is 2.20. The summed E-state index contributed by atoms with van der Waals surface area (Å²) in [5.41, 5.74) is 1.19. The average molecular weight is 286 g/mol. The summed E-state index contributed by atoms with van der Waals surface area (Å²) >= 11 is 0. The van der Waals surface area contributed by atoms with Crippen molar-refractivity contribution in [2.24, 2.45) is 0 Å². The summed E-state index contributed by atoms with van der Waals surface area (Å²) in [6.45, 7) is 2.87. The topological polar surface area (TPSA) is 58.4 Å². The number of rotatable bonds is 4. The van der Waals surface area contributed by atoms with Gasteiger partial charge >= 0.3 is 0 Å². The van der Waals surface area contributed by atoms with Gasteiger partial charge in [-0.05, 0) is 32.0 Å². The van der Waals surface area contributed by atoms with Gasteiger partial charge in [-0.25, -0.2) is 0 Å². The van der Waals surface area contributed by atoms with Gasteiger partial charge < -0.3 is 5.32 Å². The Balaban J connectivity index is 0.00000180. The molecule has 1 aliphatic heterocycles. The van der Waals surface area contributed by atoms with E-state index in [9.17, 15) is 10.1 Å². The normalized spacial score (nSPS) is 19.7. The maximum absolute atomic E-state index is 10.7. The molecule has 6 heteroatoms. The van der Waals surface area contributed by atoms with Crippen LogP contribution in [0.5, 0.6) is 0 Å². The highest BCUT2D eigenvalue weighted by Gasteiger charge is 2.18. The average Bonchev–Trinajstić information content (AvgIpc) is 2.39. The van der Waals surface area contributed by atoms with Crippen LogP contribution in [-0.4, -0.2) is 36.0 Å². The fourth-order valence-electron chi connectivity index (χ4n) is 2.46. The maximum atomic E-state index is 10.7. The lowest BCUT2D eigenvalue weighted by molar-refractivity contribution is -0.384. The first kappa shape index (κ1) is 15.9. The first-order chi connectivity index (χ1) is 8.69. The number of benzene rings is 1. The second-order valence-electron chi connectivity index (χ2n) is 4.79. The number of piperidine rings is 1. The van der Waals surface area contributed by atoms with Gasteiger partial charge in [-0.1, -0.05) is 12.1 Å². The van der Waals surface area contributed by atoms with E-state index in [2.05, 4.69) is 10.2 Å². The molecule has 1 fully saturated rings. The molecule has 1 N–H and O–H groups in total. The van der Waals surface area contributed by atoms with Crippen molar-refractivity contribution in [1.82, 2.24) is 10.2 Å². The number of likely N-dealkylation sites (N-methyl/N-ethyl adjacent to an activating group) is 1. The third-order valence-corrected chi connectivity index (χ3v) is 3.44. The van der Waals surface area contributed by atoms with Crippen molar-refractivity contribution in [3.63, 3.8) is 0 Å². The Bertz CT molecular complexity index is 428. The van der Waals surface area contributed by atoms with Crippen molar-refractivity contribution in [1.29, 1.82) is 0 Å². The molecule has 0 aromatic heterocycles. The summed E-state index contributed by atoms with van der Waals surface area (Å²) in [7, 11) is 1.99. The van der Waals surface area contributed by atoms with Crippen LogP contribution in [0.1, 0.15) is 18.4 Å². The van der Waals surface area contributed by atoms with Crippen LogP contribution in [0.3, 0.4) is 0 Å². The molecule has 0 bridgehead atoms. The standard InChI is InChI=1S/C13H19N3O2.ClH/c1-14-12-5-3-7-15(10-12)9-11-4-2-6-13(8-11)16(17)18;/h2,4,6,8,12,14H,3,5,7,9-10H2,1H3;1H. The number of likely N-dealkylation sites (tertiary alicyclic amines) is 1. The summed E-state index contributed by atoms with van der Waals surface area (Å²) in [5, 5.41) is 14.0. The zero-order valence-corrected chi connectivity index (χ0v) is 11.9. The van der Waals surface area contributed by atoms with Crippen LogP contribution < -0.4 is 5.32 Å². The SMILES string of the molecule is CNC1CCCN(Cc2cccc([N+](=O)[O-])c2)C1.Cl. The number of nitro benzene ring substituents is 1. The molecule has 5 nitrogen and oxygen atoms in total. The van der Waals surface area contributed by atoms with Gasteiger partial charge in [0.25, 0.3) is 5.69 Å². The molecule has 0 saturated carbocycles. The van der Waals surface area contributed by atoms with Crippen molar-refractivity contribution in [2.75, 3.05) is 20.1 Å². The molecule has 0 amide bonds. The van der Waals surface area contributed by atoms with Crippen LogP contribution in [0.4, 0.5) is 5.69 Å². The van der Waals surface area contributed by atoms with Crippen LogP contribution in [-0.2, 0) is 6.54 Å². The van der Waals surface area contributed by atoms with Crippen molar-refractivity contribution in [3.8, 4) is 0 Å². The summed E-state index contributed by atoms with van der Waals surface area (Å²) in [6, 6.07) is 7.46. The van der Waals surface area contributed by atoms with Gasteiger partial charge in [-0.3, -0.25) is 15.0 Å². The molecular formula is C13H20ClN3O2. The van der Waals surface area contributed by atoms with E-state index < -0.39 is 0 Å². The second kappa shape index (κ2) is 7.43. The smallest absolute Gasteiger partial charge is 0.269 e. The summed E-state index contributed by atoms with van der Waals surface area (Å²) in [4.78, 5) is 12.7. The minimum absolute atomic E-state index is 0. The van der Waals surface area contributed by atoms with E-state index in [0.717, 1.165) is 25.2 Å². The van der Waals surface area contributed by atoms with Crippen molar-refractivity contribution in [2.45, 2.75) is 25.4 Å². The zero-order valence-electron chi connectivity index (χ0n) is 11.0. The van der Waals surface area contributed by atoms with Gasteiger partial charge in [0.15, 0.2) is 0 Å². The summed E-state index contributed by atoms with van der Waals surface area (Å²) in [5.74, 6) is 0. The van der Waals surface area contributed by atoms with Crippen LogP contribution in [0, 0.1) is 10.1 Å². The first-order valence-electron chi connectivity index (χ1n) is 6.32. The van der Waals surface area contributed by atoms with Crippen molar-refractivity contribution >= 4 is 18.1 Å². The minimum Gasteiger partial charge on any atom is -0.316 e. The molecule has 2 rings (SSSR count). The van der Waals surface area contributed by atoms with E-state index in [0.29, 0.717) is 6.04 Å². The van der Waals surface area contributed by atoms with E-state index >= 15 is 0 Å². The first-order valence-corrected chi connectivity index (χ1v) is 6.32. The van der Waals surface area contributed by atoms with Crippen molar-refractivity contribution in [3.05, 3.63) is 39.9 Å². The fraction of sp³-hybridized carbons (Fsp3) is 0.538. The molecule has 1 atom stereocenters. The van der Waals surface area contributed by atoms with Gasteiger partial charge in [0, 0.05) is 31.3 Å². The number of nitrogens with zero attached hydrogens (tertiary/aromatic N) is 2. The number of nitrogens with one attached hydrogen (secondary N) is 1. The van der Waals surface area contributed by atoms with Crippen LogP contribution in [0.15, 0.2) is 24.3 Å². The van der Waals surface area contributed by atoms with Gasteiger partial charge in [0.1, 0.15) is 0 Å². The predicted molar refractivity (Wildman–Crippen MR) is 77.7 cm³/mol. The maximum Gasteiger partial charge on any atom is 0.269 e. The molecule has 0 radical (unpaired) electrons. The van der Waals surface area contributed by atoms with Crippen LogP contribution in [0.25, 0.3) is 0 Å². The molecule has 1 aromatic carbocycles. The third-order valence-electron chi connectivity index (χ3n) is 3.44. The highest BCUT2D eigenvalue weighted by Crippen LogP contribution is 2.17. The van der Waals surface area contributed by atoms with E-state index in [4.69, 9.17) is 0 Å². The van der Waals surface area contributed by atoms with E-state index in [1.165, 1.54) is 18.9 Å². The van der Waals surface area contributed by atoms with Gasteiger partial charge in [-0.2, -0.15) is 0 Å². The largest absolute Gasteiger partial charge is 0.316 e. The lowest BCUT2D eigenvalue weighted by Gasteiger charge is -2.32. The monoisotopic (exact) mass is 285 g/mol. The molecule has 1 aliphatic rings. The van der Waals surface area contributed by atoms with Gasteiger partial charge in [-0.15, -0.1) is 12.4 Å². The molecular weight excluding hydrogens is 266 g/mol. The molecule has 19 heavy (non-hydrogen) atoms. The fourth-order valence-corrected chi connectivity index (χ4v) is 2.46.